The summed E-state index contributed by atoms with van der Waals surface area (Å²) in [5.74, 6) is -4.19. The Bertz CT molecular complexity index is 154. The lowest BCUT2D eigenvalue weighted by molar-refractivity contribution is -0.201. The summed E-state index contributed by atoms with van der Waals surface area (Å²) in [7, 11) is 0. The molecule has 5 heteroatoms. The highest BCUT2D eigenvalue weighted by atomic mass is 16.5. The smallest absolute Gasteiger partial charge is 0.306 e. The fraction of sp³-hybridized carbons (Fsp3) is 0.857. The van der Waals surface area contributed by atoms with Crippen molar-refractivity contribution in [1.29, 1.82) is 0 Å². The second-order valence-electron chi connectivity index (χ2n) is 2.79. The van der Waals surface area contributed by atoms with Crippen LogP contribution in [0.3, 0.4) is 0 Å². The minimum atomic E-state index is -2.28. The van der Waals surface area contributed by atoms with Crippen LogP contribution in [0.1, 0.15) is 19.8 Å². The van der Waals surface area contributed by atoms with Crippen molar-refractivity contribution in [3.8, 4) is 0 Å². The average Bonchev–Trinajstić information content (AvgIpc) is 2.00. The minimum Gasteiger partial charge on any atom is -0.481 e. The zero-order valence-electron chi connectivity index (χ0n) is 6.90. The summed E-state index contributed by atoms with van der Waals surface area (Å²) in [5, 5.41) is 34.8. The Morgan fingerprint density at radius 2 is 2.00 bits per heavy atom. The number of hydrogen-bond acceptors (Lipinski definition) is 4. The topological polar surface area (TPSA) is 98.0 Å². The second kappa shape index (κ2) is 4.39. The van der Waals surface area contributed by atoms with Crippen molar-refractivity contribution in [3.05, 3.63) is 0 Å². The highest BCUT2D eigenvalue weighted by Crippen LogP contribution is 2.17. The van der Waals surface area contributed by atoms with Crippen LogP contribution in [0.2, 0.25) is 0 Å². The van der Waals surface area contributed by atoms with Crippen LogP contribution in [0, 0.1) is 5.92 Å². The van der Waals surface area contributed by atoms with E-state index in [2.05, 4.69) is 0 Å². The van der Waals surface area contributed by atoms with Crippen molar-refractivity contribution in [3.63, 3.8) is 0 Å². The molecule has 72 valence electrons. The van der Waals surface area contributed by atoms with Crippen molar-refractivity contribution in [2.45, 2.75) is 25.6 Å². The van der Waals surface area contributed by atoms with Crippen LogP contribution < -0.4 is 0 Å². The van der Waals surface area contributed by atoms with E-state index in [0.29, 0.717) is 6.42 Å². The Morgan fingerprint density at radius 1 is 1.50 bits per heavy atom. The number of carboxylic acids is 1. The zero-order valence-corrected chi connectivity index (χ0v) is 6.90. The van der Waals surface area contributed by atoms with Gasteiger partial charge in [-0.2, -0.15) is 0 Å². The van der Waals surface area contributed by atoms with Gasteiger partial charge in [0.25, 0.3) is 0 Å². The molecule has 0 radical (unpaired) electrons. The summed E-state index contributed by atoms with van der Waals surface area (Å²) < 4.78 is 0. The number of aliphatic hydroxyl groups is 3. The first-order valence-electron chi connectivity index (χ1n) is 3.71. The number of aliphatic hydroxyl groups excluding tert-OH is 1. The van der Waals surface area contributed by atoms with E-state index in [-0.39, 0.29) is 6.42 Å². The van der Waals surface area contributed by atoms with Gasteiger partial charge in [0.2, 0.25) is 0 Å². The first-order valence-corrected chi connectivity index (χ1v) is 3.71. The van der Waals surface area contributed by atoms with Crippen LogP contribution in [0.4, 0.5) is 0 Å². The molecular formula is C7H14O5. The molecule has 0 spiro atoms. The molecule has 0 heterocycles. The molecule has 5 nitrogen and oxygen atoms in total. The molecule has 0 saturated carbocycles. The predicted octanol–water partition coefficient (Wildman–Crippen LogP) is -0.840. The first kappa shape index (κ1) is 11.4. The number of carbonyl (C=O) groups is 1. The molecule has 12 heavy (non-hydrogen) atoms. The largest absolute Gasteiger partial charge is 0.481 e. The maximum atomic E-state index is 10.4. The lowest BCUT2D eigenvalue weighted by Crippen LogP contribution is -2.37. The standard InChI is InChI=1S/C7H14O5/c1-2-5(6(9)10)3-7(11,12)4-8/h5,8,11-12H,2-4H2,1H3,(H,9,10). The molecule has 0 aliphatic heterocycles. The molecule has 0 rings (SSSR count). The Hall–Kier alpha value is -0.650. The van der Waals surface area contributed by atoms with E-state index in [1.807, 2.05) is 0 Å². The van der Waals surface area contributed by atoms with Crippen LogP contribution in [0.5, 0.6) is 0 Å². The van der Waals surface area contributed by atoms with Gasteiger partial charge in [0, 0.05) is 6.42 Å². The summed E-state index contributed by atoms with van der Waals surface area (Å²) in [5.41, 5.74) is 0. The van der Waals surface area contributed by atoms with E-state index in [0.717, 1.165) is 0 Å². The van der Waals surface area contributed by atoms with Crippen LogP contribution in [0.15, 0.2) is 0 Å². The quantitative estimate of drug-likeness (QED) is 0.411. The summed E-state index contributed by atoms with van der Waals surface area (Å²) in [6, 6.07) is 0. The van der Waals surface area contributed by atoms with Crippen LogP contribution in [0.25, 0.3) is 0 Å². The monoisotopic (exact) mass is 178 g/mol. The molecule has 0 amide bonds. The van der Waals surface area contributed by atoms with Gasteiger partial charge in [0.15, 0.2) is 5.79 Å². The number of hydrogen-bond donors (Lipinski definition) is 4. The van der Waals surface area contributed by atoms with E-state index in [1.54, 1.807) is 6.92 Å². The number of rotatable bonds is 5. The maximum Gasteiger partial charge on any atom is 0.306 e. The van der Waals surface area contributed by atoms with Gasteiger partial charge in [-0.3, -0.25) is 4.79 Å². The molecule has 0 aromatic rings. The Balaban J connectivity index is 4.11. The maximum absolute atomic E-state index is 10.4. The predicted molar refractivity (Wildman–Crippen MR) is 40.3 cm³/mol. The molecule has 0 aromatic heterocycles. The first-order chi connectivity index (χ1) is 5.43. The van der Waals surface area contributed by atoms with Crippen LogP contribution in [-0.4, -0.2) is 38.8 Å². The molecule has 4 N–H and O–H groups in total. The summed E-state index contributed by atoms with van der Waals surface area (Å²) in [6.07, 6.45) is -0.0481. The van der Waals surface area contributed by atoms with Gasteiger partial charge in [-0.15, -0.1) is 0 Å². The van der Waals surface area contributed by atoms with Crippen molar-refractivity contribution < 1.29 is 25.2 Å². The average molecular weight is 178 g/mol. The molecule has 0 fully saturated rings. The van der Waals surface area contributed by atoms with Gasteiger partial charge < -0.3 is 20.4 Å². The lowest BCUT2D eigenvalue weighted by atomic mass is 9.97. The lowest BCUT2D eigenvalue weighted by Gasteiger charge is -2.21. The van der Waals surface area contributed by atoms with Gasteiger partial charge >= 0.3 is 5.97 Å². The van der Waals surface area contributed by atoms with Gasteiger partial charge in [-0.1, -0.05) is 6.92 Å². The van der Waals surface area contributed by atoms with Crippen LogP contribution in [-0.2, 0) is 4.79 Å². The molecule has 0 aliphatic carbocycles. The molecule has 1 unspecified atom stereocenters. The van der Waals surface area contributed by atoms with Crippen molar-refractivity contribution >= 4 is 5.97 Å². The molecule has 0 aliphatic rings. The van der Waals surface area contributed by atoms with E-state index >= 15 is 0 Å². The Morgan fingerprint density at radius 3 is 2.25 bits per heavy atom. The van der Waals surface area contributed by atoms with Crippen molar-refractivity contribution in [2.75, 3.05) is 6.61 Å². The molecule has 1 atom stereocenters. The summed E-state index contributed by atoms with van der Waals surface area (Å²) >= 11 is 0. The van der Waals surface area contributed by atoms with Gasteiger partial charge in [-0.25, -0.2) is 0 Å². The Labute approximate surface area is 70.3 Å². The van der Waals surface area contributed by atoms with Gasteiger partial charge in [-0.05, 0) is 6.42 Å². The fourth-order valence-electron chi connectivity index (χ4n) is 0.865. The summed E-state index contributed by atoms with van der Waals surface area (Å²) in [6.45, 7) is 0.781. The van der Waals surface area contributed by atoms with E-state index in [1.165, 1.54) is 0 Å². The molecule has 0 bridgehead atoms. The SMILES string of the molecule is CCC(CC(O)(O)CO)C(=O)O. The second-order valence-corrected chi connectivity index (χ2v) is 2.79. The third-order valence-corrected chi connectivity index (χ3v) is 1.67. The van der Waals surface area contributed by atoms with E-state index in [9.17, 15) is 4.79 Å². The van der Waals surface area contributed by atoms with Crippen LogP contribution >= 0.6 is 0 Å². The molecule has 0 saturated heterocycles. The number of aliphatic carboxylic acids is 1. The third-order valence-electron chi connectivity index (χ3n) is 1.67. The van der Waals surface area contributed by atoms with Crippen molar-refractivity contribution in [1.82, 2.24) is 0 Å². The van der Waals surface area contributed by atoms with E-state index in [4.69, 9.17) is 20.4 Å². The fourth-order valence-corrected chi connectivity index (χ4v) is 0.865. The van der Waals surface area contributed by atoms with Crippen molar-refractivity contribution in [2.24, 2.45) is 5.92 Å². The third kappa shape index (κ3) is 3.66. The molecule has 0 aromatic carbocycles. The Kier molecular flexibility index (Phi) is 4.16. The molecular weight excluding hydrogens is 164 g/mol. The minimum absolute atomic E-state index is 0.304. The van der Waals surface area contributed by atoms with Gasteiger partial charge in [0.1, 0.15) is 0 Å². The normalized spacial score (nSPS) is 14.3. The van der Waals surface area contributed by atoms with E-state index < -0.39 is 24.3 Å². The van der Waals surface area contributed by atoms with Gasteiger partial charge in [0.05, 0.1) is 12.5 Å². The highest BCUT2D eigenvalue weighted by molar-refractivity contribution is 5.69. The summed E-state index contributed by atoms with van der Waals surface area (Å²) in [4.78, 5) is 10.4. The highest BCUT2D eigenvalue weighted by Gasteiger charge is 2.29. The zero-order chi connectivity index (χ0) is 9.78. The number of carboxylic acid groups (broad SMARTS) is 1.